The molecule has 1 aromatic carbocycles. The molecule has 0 saturated carbocycles. The zero-order valence-corrected chi connectivity index (χ0v) is 21.2. The monoisotopic (exact) mass is 506 g/mol. The second kappa shape index (κ2) is 11.2. The Kier molecular flexibility index (Phi) is 7.63. The van der Waals surface area contributed by atoms with Crippen LogP contribution in [0.4, 0.5) is 23.3 Å². The molecule has 1 aliphatic heterocycles. The second-order valence-electron chi connectivity index (χ2n) is 9.22. The van der Waals surface area contributed by atoms with Crippen LogP contribution in [-0.2, 0) is 17.6 Å². The third-order valence-corrected chi connectivity index (χ3v) is 7.17. The van der Waals surface area contributed by atoms with Crippen LogP contribution in [0, 0.1) is 0 Å². The number of hydrogen-bond acceptors (Lipinski definition) is 8. The summed E-state index contributed by atoms with van der Waals surface area (Å²) < 4.78 is 5.13. The van der Waals surface area contributed by atoms with Gasteiger partial charge in [0.25, 0.3) is 0 Å². The Labute approximate surface area is 216 Å². The number of nitrogens with one attached hydrogen (secondary N) is 2. The fraction of sp³-hybridized carbons (Fsp3) is 0.407. The summed E-state index contributed by atoms with van der Waals surface area (Å²) in [6, 6.07) is 10.5. The van der Waals surface area contributed by atoms with Gasteiger partial charge in [-0.1, -0.05) is 17.7 Å². The Balaban J connectivity index is 1.31. The van der Waals surface area contributed by atoms with E-state index in [0.29, 0.717) is 34.2 Å². The zero-order valence-electron chi connectivity index (χ0n) is 20.5. The molecule has 2 aromatic heterocycles. The summed E-state index contributed by atoms with van der Waals surface area (Å²) in [6.07, 6.45) is 10.4. The van der Waals surface area contributed by atoms with Crippen LogP contribution in [0.15, 0.2) is 42.7 Å². The SMILES string of the molecule is CCOC(=O)c1cccnc1Nc1nc(Nc2ccc3c(c2)CCC(N2CCCC2)CC3)ncc1Cl. The lowest BCUT2D eigenvalue weighted by molar-refractivity contribution is 0.0527. The fourth-order valence-corrected chi connectivity index (χ4v) is 5.21. The fourth-order valence-electron chi connectivity index (χ4n) is 5.08. The Hall–Kier alpha value is -3.23. The van der Waals surface area contributed by atoms with E-state index in [2.05, 4.69) is 48.7 Å². The molecule has 3 aromatic rings. The molecule has 1 fully saturated rings. The Bertz CT molecular complexity index is 1230. The molecule has 188 valence electrons. The van der Waals surface area contributed by atoms with Crippen LogP contribution < -0.4 is 10.6 Å². The Morgan fingerprint density at radius 1 is 1.08 bits per heavy atom. The van der Waals surface area contributed by atoms with Crippen molar-refractivity contribution in [1.29, 1.82) is 0 Å². The summed E-state index contributed by atoms with van der Waals surface area (Å²) in [7, 11) is 0. The van der Waals surface area contributed by atoms with Crippen molar-refractivity contribution in [2.75, 3.05) is 30.3 Å². The van der Waals surface area contributed by atoms with E-state index in [-0.39, 0.29) is 6.61 Å². The van der Waals surface area contributed by atoms with Gasteiger partial charge in [0.15, 0.2) is 5.82 Å². The first-order valence-electron chi connectivity index (χ1n) is 12.7. The number of ether oxygens (including phenoxy) is 1. The van der Waals surface area contributed by atoms with Gasteiger partial charge in [0.05, 0.1) is 12.8 Å². The summed E-state index contributed by atoms with van der Waals surface area (Å²) in [4.78, 5) is 28.1. The maximum atomic E-state index is 12.3. The second-order valence-corrected chi connectivity index (χ2v) is 9.63. The maximum Gasteiger partial charge on any atom is 0.341 e. The number of pyridine rings is 1. The summed E-state index contributed by atoms with van der Waals surface area (Å²) in [5, 5.41) is 6.68. The summed E-state index contributed by atoms with van der Waals surface area (Å²) >= 11 is 6.36. The molecule has 1 unspecified atom stereocenters. The Morgan fingerprint density at radius 2 is 1.89 bits per heavy atom. The number of hydrogen-bond donors (Lipinski definition) is 2. The minimum atomic E-state index is -0.464. The summed E-state index contributed by atoms with van der Waals surface area (Å²) in [5.41, 5.74) is 4.07. The number of nitrogens with zero attached hydrogens (tertiary/aromatic N) is 4. The topological polar surface area (TPSA) is 92.3 Å². The molecule has 0 amide bonds. The highest BCUT2D eigenvalue weighted by atomic mass is 35.5. The van der Waals surface area contributed by atoms with Crippen LogP contribution in [-0.4, -0.2) is 51.6 Å². The van der Waals surface area contributed by atoms with Crippen LogP contribution in [0.25, 0.3) is 0 Å². The van der Waals surface area contributed by atoms with Gasteiger partial charge in [-0.05, 0) is 93.9 Å². The lowest BCUT2D eigenvalue weighted by Gasteiger charge is -2.25. The number of benzene rings is 1. The molecule has 2 N–H and O–H groups in total. The van der Waals surface area contributed by atoms with Crippen molar-refractivity contribution in [3.05, 3.63) is 64.4 Å². The molecule has 1 aliphatic carbocycles. The third kappa shape index (κ3) is 5.60. The van der Waals surface area contributed by atoms with Gasteiger partial charge in [-0.3, -0.25) is 0 Å². The number of rotatable bonds is 7. The normalized spacial score (nSPS) is 17.8. The van der Waals surface area contributed by atoms with Crippen molar-refractivity contribution in [3.63, 3.8) is 0 Å². The predicted octanol–water partition coefficient (Wildman–Crippen LogP) is 5.53. The molecule has 5 rings (SSSR count). The highest BCUT2D eigenvalue weighted by Gasteiger charge is 2.24. The van der Waals surface area contributed by atoms with Crippen molar-refractivity contribution in [2.45, 2.75) is 51.5 Å². The molecule has 0 bridgehead atoms. The summed E-state index contributed by atoms with van der Waals surface area (Å²) in [6.45, 7) is 4.53. The van der Waals surface area contributed by atoms with Gasteiger partial charge in [-0.2, -0.15) is 4.98 Å². The number of esters is 1. The summed E-state index contributed by atoms with van der Waals surface area (Å²) in [5.74, 6) is 0.606. The van der Waals surface area contributed by atoms with Crippen molar-refractivity contribution in [2.24, 2.45) is 0 Å². The first kappa shape index (κ1) is 24.5. The average Bonchev–Trinajstić information content (AvgIpc) is 3.34. The quantitative estimate of drug-likeness (QED) is 0.319. The minimum Gasteiger partial charge on any atom is -0.462 e. The first-order chi connectivity index (χ1) is 17.6. The standard InChI is InChI=1S/C27H31ClN6O2/c1-2-36-26(35)22-6-5-13-29-24(22)32-25-23(28)17-30-27(33-25)31-20-10-7-18-8-11-21(12-9-19(18)16-20)34-14-3-4-15-34/h5-7,10,13,16-17,21H,2-4,8-9,11-12,14-15H2,1H3,(H2,29,30,31,32,33). The van der Waals surface area contributed by atoms with Gasteiger partial charge in [-0.15, -0.1) is 0 Å². The van der Waals surface area contributed by atoms with E-state index < -0.39 is 5.97 Å². The van der Waals surface area contributed by atoms with Crippen LogP contribution >= 0.6 is 11.6 Å². The van der Waals surface area contributed by atoms with Crippen LogP contribution in [0.2, 0.25) is 5.02 Å². The van der Waals surface area contributed by atoms with Crippen LogP contribution in [0.1, 0.15) is 54.1 Å². The van der Waals surface area contributed by atoms with E-state index in [1.807, 2.05) is 0 Å². The van der Waals surface area contributed by atoms with Crippen molar-refractivity contribution >= 4 is 40.8 Å². The molecule has 2 aliphatic rings. The number of aromatic nitrogens is 3. The molecule has 9 heteroatoms. The van der Waals surface area contributed by atoms with Gasteiger partial charge in [0, 0.05) is 17.9 Å². The molecular formula is C27H31ClN6O2. The van der Waals surface area contributed by atoms with E-state index in [1.54, 1.807) is 25.3 Å². The number of aryl methyl sites for hydroxylation is 2. The maximum absolute atomic E-state index is 12.3. The van der Waals surface area contributed by atoms with E-state index in [1.165, 1.54) is 56.1 Å². The number of halogens is 1. The molecule has 36 heavy (non-hydrogen) atoms. The van der Waals surface area contributed by atoms with Crippen molar-refractivity contribution in [1.82, 2.24) is 19.9 Å². The van der Waals surface area contributed by atoms with Gasteiger partial charge in [0.2, 0.25) is 5.95 Å². The number of carbonyl (C=O) groups excluding carboxylic acids is 1. The number of likely N-dealkylation sites (tertiary alicyclic amines) is 1. The minimum absolute atomic E-state index is 0.273. The van der Waals surface area contributed by atoms with E-state index >= 15 is 0 Å². The number of carbonyl (C=O) groups is 1. The van der Waals surface area contributed by atoms with E-state index in [4.69, 9.17) is 16.3 Å². The van der Waals surface area contributed by atoms with Gasteiger partial charge in [-0.25, -0.2) is 14.8 Å². The van der Waals surface area contributed by atoms with Gasteiger partial charge in [0.1, 0.15) is 16.4 Å². The first-order valence-corrected chi connectivity index (χ1v) is 13.0. The van der Waals surface area contributed by atoms with Gasteiger partial charge < -0.3 is 20.3 Å². The lowest BCUT2D eigenvalue weighted by atomic mass is 10.0. The number of anilines is 4. The molecule has 1 saturated heterocycles. The molecule has 1 atom stereocenters. The van der Waals surface area contributed by atoms with Crippen LogP contribution in [0.3, 0.4) is 0 Å². The smallest absolute Gasteiger partial charge is 0.341 e. The lowest BCUT2D eigenvalue weighted by Crippen LogP contribution is -2.32. The zero-order chi connectivity index (χ0) is 24.9. The molecular weight excluding hydrogens is 476 g/mol. The highest BCUT2D eigenvalue weighted by molar-refractivity contribution is 6.33. The van der Waals surface area contributed by atoms with Crippen LogP contribution in [0.5, 0.6) is 0 Å². The molecule has 0 spiro atoms. The highest BCUT2D eigenvalue weighted by Crippen LogP contribution is 2.30. The molecule has 0 radical (unpaired) electrons. The van der Waals surface area contributed by atoms with Crippen molar-refractivity contribution < 1.29 is 9.53 Å². The predicted molar refractivity (Wildman–Crippen MR) is 141 cm³/mol. The van der Waals surface area contributed by atoms with E-state index in [0.717, 1.165) is 18.5 Å². The average molecular weight is 507 g/mol. The molecule has 8 nitrogen and oxygen atoms in total. The van der Waals surface area contributed by atoms with Crippen molar-refractivity contribution in [3.8, 4) is 0 Å². The van der Waals surface area contributed by atoms with E-state index in [9.17, 15) is 4.79 Å². The Morgan fingerprint density at radius 3 is 2.69 bits per heavy atom. The third-order valence-electron chi connectivity index (χ3n) is 6.90. The largest absolute Gasteiger partial charge is 0.462 e. The van der Waals surface area contributed by atoms with Gasteiger partial charge >= 0.3 is 5.97 Å². The molecule has 3 heterocycles. The number of fused-ring (bicyclic) bond motifs is 1.